The molecule has 0 aromatic rings. The van der Waals surface area contributed by atoms with Gasteiger partial charge in [0.2, 0.25) is 0 Å². The Hall–Kier alpha value is 0.250. The average Bonchev–Trinajstić information content (AvgIpc) is 2.09. The van der Waals surface area contributed by atoms with Crippen LogP contribution in [0.2, 0.25) is 0 Å². The molecule has 0 aromatic carbocycles. The Morgan fingerprint density at radius 2 is 1.37 bits per heavy atom. The molecule has 0 unspecified atom stereocenters. The van der Waals surface area contributed by atoms with E-state index in [9.17, 15) is 0 Å². The summed E-state index contributed by atoms with van der Waals surface area (Å²) >= 11 is 0. The molecule has 4 aliphatic carbocycles. The Morgan fingerprint density at radius 3 is 1.74 bits per heavy atom. The molecule has 19 heavy (non-hydrogen) atoms. The van der Waals surface area contributed by atoms with E-state index in [-0.39, 0.29) is 12.4 Å². The molecule has 0 aromatic heterocycles. The van der Waals surface area contributed by atoms with Crippen LogP contribution in [0.5, 0.6) is 0 Å². The maximum absolute atomic E-state index is 2.63. The first-order valence-electron chi connectivity index (χ1n) is 8.02. The van der Waals surface area contributed by atoms with Crippen molar-refractivity contribution in [3.05, 3.63) is 0 Å². The Balaban J connectivity index is 0.00000133. The van der Waals surface area contributed by atoms with Crippen LogP contribution in [-0.4, -0.2) is 25.0 Å². The Kier molecular flexibility index (Phi) is 4.30. The first-order chi connectivity index (χ1) is 8.34. The summed E-state index contributed by atoms with van der Waals surface area (Å²) < 4.78 is 0. The third-order valence-corrected chi connectivity index (χ3v) is 5.51. The van der Waals surface area contributed by atoms with Crippen molar-refractivity contribution < 1.29 is 0 Å². The van der Waals surface area contributed by atoms with Gasteiger partial charge >= 0.3 is 0 Å². The fraction of sp³-hybridized carbons (Fsp3) is 1.00. The summed E-state index contributed by atoms with van der Waals surface area (Å²) in [5, 5.41) is 0. The zero-order valence-corrected chi connectivity index (χ0v) is 14.1. The Morgan fingerprint density at radius 1 is 0.947 bits per heavy atom. The summed E-state index contributed by atoms with van der Waals surface area (Å²) in [4.78, 5) is 2.63. The molecule has 112 valence electrons. The zero-order chi connectivity index (χ0) is 13.0. The maximum atomic E-state index is 2.63. The van der Waals surface area contributed by atoms with Crippen molar-refractivity contribution in [3.63, 3.8) is 0 Å². The summed E-state index contributed by atoms with van der Waals surface area (Å²) in [6.45, 7) is 9.71. The van der Waals surface area contributed by atoms with Crippen molar-refractivity contribution in [2.24, 2.45) is 28.6 Å². The van der Waals surface area contributed by atoms with Gasteiger partial charge < -0.3 is 4.90 Å². The minimum absolute atomic E-state index is 0. The van der Waals surface area contributed by atoms with Crippen molar-refractivity contribution in [1.29, 1.82) is 0 Å². The van der Waals surface area contributed by atoms with Crippen LogP contribution in [0.25, 0.3) is 0 Å². The van der Waals surface area contributed by atoms with Crippen molar-refractivity contribution in [2.75, 3.05) is 20.1 Å². The highest BCUT2D eigenvalue weighted by Gasteiger charge is 2.51. The number of rotatable bonds is 3. The third kappa shape index (κ3) is 3.47. The van der Waals surface area contributed by atoms with Crippen LogP contribution in [0.3, 0.4) is 0 Å². The molecule has 4 aliphatic rings. The second-order valence-corrected chi connectivity index (χ2v) is 9.15. The zero-order valence-electron chi connectivity index (χ0n) is 13.2. The molecule has 0 atom stereocenters. The highest BCUT2D eigenvalue weighted by atomic mass is 35.5. The second kappa shape index (κ2) is 5.22. The van der Waals surface area contributed by atoms with Crippen LogP contribution < -0.4 is 0 Å². The smallest absolute Gasteiger partial charge is 0.00355 e. The van der Waals surface area contributed by atoms with Gasteiger partial charge in [-0.15, -0.1) is 12.4 Å². The van der Waals surface area contributed by atoms with Gasteiger partial charge in [0.15, 0.2) is 0 Å². The standard InChI is InChI=1S/C17H31N.ClH/c1-16(2,3)11-18(4)12-17-8-13-5-14(9-17)7-15(6-13)10-17;/h13-15H,5-12H2,1-4H3;1H. The summed E-state index contributed by atoms with van der Waals surface area (Å²) in [5.41, 5.74) is 1.16. The monoisotopic (exact) mass is 285 g/mol. The molecular formula is C17H32ClN. The van der Waals surface area contributed by atoms with Crippen LogP contribution >= 0.6 is 12.4 Å². The van der Waals surface area contributed by atoms with Crippen molar-refractivity contribution >= 4 is 12.4 Å². The fourth-order valence-electron chi connectivity index (χ4n) is 5.92. The first kappa shape index (κ1) is 15.6. The number of nitrogens with zero attached hydrogens (tertiary/aromatic N) is 1. The van der Waals surface area contributed by atoms with E-state index in [1.54, 1.807) is 38.5 Å². The first-order valence-corrected chi connectivity index (χ1v) is 8.02. The van der Waals surface area contributed by atoms with Gasteiger partial charge in [0.1, 0.15) is 0 Å². The Bertz CT molecular complexity index is 282. The van der Waals surface area contributed by atoms with E-state index in [2.05, 4.69) is 32.7 Å². The molecule has 0 N–H and O–H groups in total. The highest BCUT2D eigenvalue weighted by molar-refractivity contribution is 5.85. The van der Waals surface area contributed by atoms with Gasteiger partial charge in [0.05, 0.1) is 0 Å². The van der Waals surface area contributed by atoms with Gasteiger partial charge in [-0.1, -0.05) is 20.8 Å². The van der Waals surface area contributed by atoms with E-state index >= 15 is 0 Å². The Labute approximate surface area is 125 Å². The van der Waals surface area contributed by atoms with Gasteiger partial charge in [-0.3, -0.25) is 0 Å². The lowest BCUT2D eigenvalue weighted by atomic mass is 9.49. The molecule has 0 saturated heterocycles. The molecule has 4 bridgehead atoms. The van der Waals surface area contributed by atoms with E-state index < -0.39 is 0 Å². The van der Waals surface area contributed by atoms with Crippen LogP contribution in [0.4, 0.5) is 0 Å². The van der Waals surface area contributed by atoms with Gasteiger partial charge in [-0.05, 0) is 74.2 Å². The van der Waals surface area contributed by atoms with Crippen LogP contribution in [0.1, 0.15) is 59.3 Å². The predicted molar refractivity (Wildman–Crippen MR) is 84.8 cm³/mol. The topological polar surface area (TPSA) is 3.24 Å². The molecule has 0 spiro atoms. The molecule has 0 heterocycles. The van der Waals surface area contributed by atoms with Gasteiger partial charge in [0.25, 0.3) is 0 Å². The molecular weight excluding hydrogens is 254 g/mol. The lowest BCUT2D eigenvalue weighted by Gasteiger charge is -2.58. The van der Waals surface area contributed by atoms with Crippen LogP contribution in [0, 0.1) is 28.6 Å². The lowest BCUT2D eigenvalue weighted by molar-refractivity contribution is -0.0685. The maximum Gasteiger partial charge on any atom is 0.00355 e. The van der Waals surface area contributed by atoms with Crippen molar-refractivity contribution in [2.45, 2.75) is 59.3 Å². The largest absolute Gasteiger partial charge is 0.305 e. The van der Waals surface area contributed by atoms with Crippen LogP contribution in [0.15, 0.2) is 0 Å². The van der Waals surface area contributed by atoms with E-state index in [1.807, 2.05) is 0 Å². The fourth-order valence-corrected chi connectivity index (χ4v) is 5.92. The molecule has 0 aliphatic heterocycles. The van der Waals surface area contributed by atoms with E-state index in [0.29, 0.717) is 5.41 Å². The van der Waals surface area contributed by atoms with E-state index in [4.69, 9.17) is 0 Å². The van der Waals surface area contributed by atoms with Crippen molar-refractivity contribution in [1.82, 2.24) is 4.90 Å². The quantitative estimate of drug-likeness (QED) is 0.732. The summed E-state index contributed by atoms with van der Waals surface area (Å²) in [6.07, 6.45) is 9.36. The van der Waals surface area contributed by atoms with Crippen LogP contribution in [-0.2, 0) is 0 Å². The highest BCUT2D eigenvalue weighted by Crippen LogP contribution is 2.60. The number of hydrogen-bond acceptors (Lipinski definition) is 1. The van der Waals surface area contributed by atoms with E-state index in [1.165, 1.54) is 13.1 Å². The summed E-state index contributed by atoms with van der Waals surface area (Å²) in [6, 6.07) is 0. The van der Waals surface area contributed by atoms with Crippen molar-refractivity contribution in [3.8, 4) is 0 Å². The molecule has 2 heteroatoms. The molecule has 0 radical (unpaired) electrons. The minimum Gasteiger partial charge on any atom is -0.305 e. The predicted octanol–water partition coefficient (Wildman–Crippen LogP) is 4.60. The molecule has 4 rings (SSSR count). The lowest BCUT2D eigenvalue weighted by Crippen LogP contribution is -2.51. The average molecular weight is 286 g/mol. The van der Waals surface area contributed by atoms with Gasteiger partial charge in [0, 0.05) is 13.1 Å². The molecule has 1 nitrogen and oxygen atoms in total. The van der Waals surface area contributed by atoms with Gasteiger partial charge in [-0.25, -0.2) is 0 Å². The van der Waals surface area contributed by atoms with Gasteiger partial charge in [-0.2, -0.15) is 0 Å². The SMILES string of the molecule is CN(CC(C)(C)C)CC12CC3CC(CC(C3)C1)C2.Cl. The minimum atomic E-state index is 0. The summed E-state index contributed by atoms with van der Waals surface area (Å²) in [7, 11) is 2.35. The molecule has 4 saturated carbocycles. The molecule has 0 amide bonds. The number of hydrogen-bond donors (Lipinski definition) is 0. The number of halogens is 1. The third-order valence-electron chi connectivity index (χ3n) is 5.51. The normalized spacial score (nSPS) is 40.6. The molecule has 4 fully saturated rings. The summed E-state index contributed by atoms with van der Waals surface area (Å²) in [5.74, 6) is 3.29. The van der Waals surface area contributed by atoms with E-state index in [0.717, 1.165) is 23.2 Å². The second-order valence-electron chi connectivity index (χ2n) is 9.15.